The number of nitrogens with one attached hydrogen (secondary N) is 1. The lowest BCUT2D eigenvalue weighted by atomic mass is 10.2. The van der Waals surface area contributed by atoms with Crippen LogP contribution < -0.4 is 10.1 Å². The Morgan fingerprint density at radius 1 is 1.48 bits per heavy atom. The molecule has 0 radical (unpaired) electrons. The summed E-state index contributed by atoms with van der Waals surface area (Å²) < 4.78 is 34.7. The van der Waals surface area contributed by atoms with Crippen molar-refractivity contribution in [1.29, 1.82) is 0 Å². The van der Waals surface area contributed by atoms with E-state index in [1.807, 2.05) is 6.92 Å². The molecule has 2 amide bonds. The summed E-state index contributed by atoms with van der Waals surface area (Å²) in [6.07, 6.45) is 2.05. The van der Waals surface area contributed by atoms with Crippen LogP contribution in [0.3, 0.4) is 0 Å². The Labute approximate surface area is 134 Å². The van der Waals surface area contributed by atoms with Gasteiger partial charge in [-0.15, -0.1) is 0 Å². The first-order valence-corrected chi connectivity index (χ1v) is 7.77. The molecule has 1 heterocycles. The first-order valence-electron chi connectivity index (χ1n) is 7.77. The van der Waals surface area contributed by atoms with Crippen molar-refractivity contribution in [2.45, 2.75) is 39.0 Å². The zero-order valence-electron chi connectivity index (χ0n) is 13.1. The Hall–Kier alpha value is -1.89. The predicted molar refractivity (Wildman–Crippen MR) is 81.5 cm³/mol. The number of hydrogen-bond donors (Lipinski definition) is 1. The van der Waals surface area contributed by atoms with Crippen LogP contribution in [0, 0.1) is 0 Å². The first kappa shape index (κ1) is 17.5. The molecule has 1 saturated heterocycles. The van der Waals surface area contributed by atoms with Gasteiger partial charge < -0.3 is 19.7 Å². The standard InChI is InChI=1S/C16H22F2N2O3/c1-2-20(11-13-7-5-9-22-13)16(21)19-10-12-6-3-4-8-14(12)23-15(17)18/h3-4,6,8,13,15H,2,5,7,9-11H2,1H3,(H,19,21)/t13-/m1/s1. The Morgan fingerprint density at radius 3 is 2.91 bits per heavy atom. The molecule has 7 heteroatoms. The third-order valence-electron chi connectivity index (χ3n) is 3.74. The van der Waals surface area contributed by atoms with Crippen LogP contribution in [0.5, 0.6) is 5.75 Å². The van der Waals surface area contributed by atoms with Gasteiger partial charge in [0.2, 0.25) is 0 Å². The highest BCUT2D eigenvalue weighted by Crippen LogP contribution is 2.20. The average Bonchev–Trinajstić information content (AvgIpc) is 3.04. The number of carbonyl (C=O) groups excluding carboxylic acids is 1. The molecule has 0 aliphatic carbocycles. The molecule has 1 fully saturated rings. The van der Waals surface area contributed by atoms with E-state index in [1.165, 1.54) is 6.07 Å². The molecular formula is C16H22F2N2O3. The number of halogens is 2. The Bertz CT molecular complexity index is 508. The van der Waals surface area contributed by atoms with Crippen molar-refractivity contribution in [3.63, 3.8) is 0 Å². The van der Waals surface area contributed by atoms with E-state index in [4.69, 9.17) is 4.74 Å². The van der Waals surface area contributed by atoms with Crippen LogP contribution in [0.25, 0.3) is 0 Å². The van der Waals surface area contributed by atoms with Crippen LogP contribution in [0.4, 0.5) is 13.6 Å². The number of urea groups is 1. The van der Waals surface area contributed by atoms with Gasteiger partial charge in [0.15, 0.2) is 0 Å². The van der Waals surface area contributed by atoms with Crippen LogP contribution in [0.15, 0.2) is 24.3 Å². The lowest BCUT2D eigenvalue weighted by Gasteiger charge is -2.24. The normalized spacial score (nSPS) is 17.3. The van der Waals surface area contributed by atoms with Crippen molar-refractivity contribution < 1.29 is 23.0 Å². The molecule has 2 rings (SSSR count). The molecule has 0 unspecified atom stereocenters. The number of hydrogen-bond acceptors (Lipinski definition) is 3. The Morgan fingerprint density at radius 2 is 2.26 bits per heavy atom. The van der Waals surface area contributed by atoms with Crippen molar-refractivity contribution >= 4 is 6.03 Å². The maximum Gasteiger partial charge on any atom is 0.387 e. The van der Waals surface area contributed by atoms with E-state index in [-0.39, 0.29) is 24.4 Å². The number of rotatable bonds is 7. The fraction of sp³-hybridized carbons (Fsp3) is 0.562. The van der Waals surface area contributed by atoms with Gasteiger partial charge in [-0.2, -0.15) is 8.78 Å². The largest absolute Gasteiger partial charge is 0.434 e. The van der Waals surface area contributed by atoms with Gasteiger partial charge >= 0.3 is 12.6 Å². The molecule has 0 spiro atoms. The second-order valence-electron chi connectivity index (χ2n) is 5.32. The van der Waals surface area contributed by atoms with Gasteiger partial charge in [0.1, 0.15) is 5.75 Å². The van der Waals surface area contributed by atoms with E-state index < -0.39 is 6.61 Å². The fourth-order valence-electron chi connectivity index (χ4n) is 2.53. The molecule has 0 aromatic heterocycles. The smallest absolute Gasteiger partial charge is 0.387 e. The Kier molecular flexibility index (Phi) is 6.58. The summed E-state index contributed by atoms with van der Waals surface area (Å²) in [5.41, 5.74) is 0.509. The summed E-state index contributed by atoms with van der Waals surface area (Å²) >= 11 is 0. The topological polar surface area (TPSA) is 50.8 Å². The van der Waals surface area contributed by atoms with E-state index in [0.717, 1.165) is 19.4 Å². The van der Waals surface area contributed by atoms with Crippen molar-refractivity contribution in [2.24, 2.45) is 0 Å². The van der Waals surface area contributed by atoms with Crippen LogP contribution in [-0.4, -0.2) is 43.3 Å². The van der Waals surface area contributed by atoms with Crippen LogP contribution in [0.1, 0.15) is 25.3 Å². The first-order chi connectivity index (χ1) is 11.1. The molecule has 0 saturated carbocycles. The van der Waals surface area contributed by atoms with Gasteiger partial charge in [0.25, 0.3) is 0 Å². The van der Waals surface area contributed by atoms with E-state index >= 15 is 0 Å². The summed E-state index contributed by atoms with van der Waals surface area (Å²) in [6, 6.07) is 6.18. The fourth-order valence-corrected chi connectivity index (χ4v) is 2.53. The highest BCUT2D eigenvalue weighted by atomic mass is 19.3. The minimum atomic E-state index is -2.89. The summed E-state index contributed by atoms with van der Waals surface area (Å²) in [4.78, 5) is 13.9. The lowest BCUT2D eigenvalue weighted by Crippen LogP contribution is -2.43. The summed E-state index contributed by atoms with van der Waals surface area (Å²) in [5, 5.41) is 2.74. The molecule has 0 bridgehead atoms. The monoisotopic (exact) mass is 328 g/mol. The van der Waals surface area contributed by atoms with Gasteiger partial charge in [0, 0.05) is 31.8 Å². The summed E-state index contributed by atoms with van der Waals surface area (Å²) in [5.74, 6) is 0.0741. The van der Waals surface area contributed by atoms with Crippen molar-refractivity contribution in [3.8, 4) is 5.75 Å². The molecule has 5 nitrogen and oxygen atoms in total. The molecular weight excluding hydrogens is 306 g/mol. The summed E-state index contributed by atoms with van der Waals surface area (Å²) in [7, 11) is 0. The molecule has 1 N–H and O–H groups in total. The van der Waals surface area contributed by atoms with Crippen LogP contribution >= 0.6 is 0 Å². The maximum absolute atomic E-state index is 12.4. The van der Waals surface area contributed by atoms with Gasteiger partial charge in [-0.3, -0.25) is 0 Å². The zero-order chi connectivity index (χ0) is 16.7. The minimum Gasteiger partial charge on any atom is -0.434 e. The third-order valence-corrected chi connectivity index (χ3v) is 3.74. The Balaban J connectivity index is 1.89. The van der Waals surface area contributed by atoms with Crippen molar-refractivity contribution in [1.82, 2.24) is 10.2 Å². The minimum absolute atomic E-state index is 0.0741. The third kappa shape index (κ3) is 5.35. The van der Waals surface area contributed by atoms with E-state index in [1.54, 1.807) is 23.1 Å². The highest BCUT2D eigenvalue weighted by molar-refractivity contribution is 5.74. The maximum atomic E-state index is 12.4. The average molecular weight is 328 g/mol. The van der Waals surface area contributed by atoms with Crippen molar-refractivity contribution in [3.05, 3.63) is 29.8 Å². The molecule has 23 heavy (non-hydrogen) atoms. The van der Waals surface area contributed by atoms with Gasteiger partial charge in [-0.25, -0.2) is 4.79 Å². The second kappa shape index (κ2) is 8.67. The number of likely N-dealkylation sites (N-methyl/N-ethyl adjacent to an activating group) is 1. The number of alkyl halides is 2. The number of carbonyl (C=O) groups is 1. The molecule has 1 aliphatic rings. The van der Waals surface area contributed by atoms with E-state index in [2.05, 4.69) is 10.1 Å². The zero-order valence-corrected chi connectivity index (χ0v) is 13.1. The van der Waals surface area contributed by atoms with Crippen LogP contribution in [0.2, 0.25) is 0 Å². The van der Waals surface area contributed by atoms with Gasteiger partial charge in [-0.1, -0.05) is 18.2 Å². The number of benzene rings is 1. The van der Waals surface area contributed by atoms with Crippen LogP contribution in [-0.2, 0) is 11.3 Å². The number of amides is 2. The molecule has 1 aromatic carbocycles. The quantitative estimate of drug-likeness (QED) is 0.837. The molecule has 1 aromatic rings. The molecule has 1 atom stereocenters. The van der Waals surface area contributed by atoms with E-state index in [9.17, 15) is 13.6 Å². The number of para-hydroxylation sites is 1. The van der Waals surface area contributed by atoms with Gasteiger partial charge in [0.05, 0.1) is 6.10 Å². The van der Waals surface area contributed by atoms with E-state index in [0.29, 0.717) is 18.7 Å². The number of nitrogens with zero attached hydrogens (tertiary/aromatic N) is 1. The SMILES string of the molecule is CCN(C[C@H]1CCCO1)C(=O)NCc1ccccc1OC(F)F. The second-order valence-corrected chi connectivity index (χ2v) is 5.32. The molecule has 1 aliphatic heterocycles. The molecule has 128 valence electrons. The number of ether oxygens (including phenoxy) is 2. The predicted octanol–water partition coefficient (Wildman–Crippen LogP) is 3.00. The summed E-state index contributed by atoms with van der Waals surface area (Å²) in [6.45, 7) is 0.964. The van der Waals surface area contributed by atoms with Crippen molar-refractivity contribution in [2.75, 3.05) is 19.7 Å². The van der Waals surface area contributed by atoms with Gasteiger partial charge in [-0.05, 0) is 25.8 Å². The lowest BCUT2D eigenvalue weighted by molar-refractivity contribution is -0.0504. The highest BCUT2D eigenvalue weighted by Gasteiger charge is 2.21.